The number of hydrogen-bond acceptors (Lipinski definition) is 2. The first-order chi connectivity index (χ1) is 8.39. The summed E-state index contributed by atoms with van der Waals surface area (Å²) >= 11 is 0. The van der Waals surface area contributed by atoms with Crippen LogP contribution in [0.5, 0.6) is 0 Å². The van der Waals surface area contributed by atoms with Gasteiger partial charge in [-0.25, -0.2) is 4.39 Å². The molecule has 0 saturated carbocycles. The Kier molecular flexibility index (Phi) is 3.39. The average Bonchev–Trinajstić information content (AvgIpc) is 2.41. The lowest BCUT2D eigenvalue weighted by Crippen LogP contribution is -2.42. The monoisotopic (exact) mass is 250 g/mol. The van der Waals surface area contributed by atoms with E-state index < -0.39 is 0 Å². The summed E-state index contributed by atoms with van der Waals surface area (Å²) in [5, 5.41) is 3.21. The molecule has 1 saturated heterocycles. The molecular weight excluding hydrogens is 231 g/mol. The van der Waals surface area contributed by atoms with Crippen molar-refractivity contribution in [1.82, 2.24) is 5.32 Å². The molecule has 1 fully saturated rings. The van der Waals surface area contributed by atoms with Gasteiger partial charge in [0.2, 0.25) is 5.91 Å². The van der Waals surface area contributed by atoms with Gasteiger partial charge in [-0.3, -0.25) is 4.79 Å². The summed E-state index contributed by atoms with van der Waals surface area (Å²) < 4.78 is 13.3. The van der Waals surface area contributed by atoms with Crippen molar-refractivity contribution in [3.05, 3.63) is 30.1 Å². The summed E-state index contributed by atoms with van der Waals surface area (Å²) in [7, 11) is 0. The first kappa shape index (κ1) is 13.0. The summed E-state index contributed by atoms with van der Waals surface area (Å²) in [6, 6.07) is 5.96. The second kappa shape index (κ2) is 4.69. The minimum Gasteiger partial charge on any atom is -0.310 e. The third-order valence-electron chi connectivity index (χ3n) is 3.23. The SMILES string of the molecule is CC1NCC(C)(C)CN(c2cccc(F)c2)C1=O. The molecule has 1 aromatic rings. The van der Waals surface area contributed by atoms with Gasteiger partial charge in [-0.05, 0) is 30.5 Å². The number of rotatable bonds is 1. The zero-order valence-electron chi connectivity index (χ0n) is 11.0. The van der Waals surface area contributed by atoms with Crippen molar-refractivity contribution in [2.75, 3.05) is 18.0 Å². The van der Waals surface area contributed by atoms with E-state index in [1.165, 1.54) is 12.1 Å². The number of hydrogen-bond donors (Lipinski definition) is 1. The Morgan fingerprint density at radius 1 is 1.44 bits per heavy atom. The van der Waals surface area contributed by atoms with E-state index in [4.69, 9.17) is 0 Å². The fourth-order valence-electron chi connectivity index (χ4n) is 2.17. The number of carbonyl (C=O) groups excluding carboxylic acids is 1. The molecule has 2 rings (SSSR count). The first-order valence-corrected chi connectivity index (χ1v) is 6.19. The van der Waals surface area contributed by atoms with Crippen LogP contribution in [0.3, 0.4) is 0 Å². The van der Waals surface area contributed by atoms with Crippen LogP contribution in [0.1, 0.15) is 20.8 Å². The summed E-state index contributed by atoms with van der Waals surface area (Å²) in [5.41, 5.74) is 0.593. The number of halogens is 1. The highest BCUT2D eigenvalue weighted by atomic mass is 19.1. The molecule has 1 aliphatic rings. The van der Waals surface area contributed by atoms with Crippen molar-refractivity contribution in [1.29, 1.82) is 0 Å². The van der Waals surface area contributed by atoms with Gasteiger partial charge < -0.3 is 10.2 Å². The van der Waals surface area contributed by atoms with Gasteiger partial charge in [0, 0.05) is 18.8 Å². The van der Waals surface area contributed by atoms with E-state index in [0.717, 1.165) is 6.54 Å². The highest BCUT2D eigenvalue weighted by Crippen LogP contribution is 2.25. The molecular formula is C14H19FN2O. The van der Waals surface area contributed by atoms with Crippen molar-refractivity contribution in [3.8, 4) is 0 Å². The van der Waals surface area contributed by atoms with Crippen LogP contribution in [-0.2, 0) is 4.79 Å². The smallest absolute Gasteiger partial charge is 0.243 e. The molecule has 0 bridgehead atoms. The van der Waals surface area contributed by atoms with E-state index in [2.05, 4.69) is 19.2 Å². The van der Waals surface area contributed by atoms with Crippen molar-refractivity contribution in [2.45, 2.75) is 26.8 Å². The molecule has 1 atom stereocenters. The number of benzene rings is 1. The number of anilines is 1. The Labute approximate surface area is 107 Å². The van der Waals surface area contributed by atoms with Crippen molar-refractivity contribution in [2.24, 2.45) is 5.41 Å². The number of nitrogens with one attached hydrogen (secondary N) is 1. The summed E-state index contributed by atoms with van der Waals surface area (Å²) in [4.78, 5) is 14.0. The Balaban J connectivity index is 2.36. The van der Waals surface area contributed by atoms with Crippen LogP contribution in [0.4, 0.5) is 10.1 Å². The van der Waals surface area contributed by atoms with Gasteiger partial charge in [0.05, 0.1) is 6.04 Å². The summed E-state index contributed by atoms with van der Waals surface area (Å²) in [5.74, 6) is -0.325. The quantitative estimate of drug-likeness (QED) is 0.828. The Morgan fingerprint density at radius 2 is 2.17 bits per heavy atom. The van der Waals surface area contributed by atoms with E-state index >= 15 is 0 Å². The molecule has 0 aliphatic carbocycles. The molecule has 0 aromatic heterocycles. The average molecular weight is 250 g/mol. The summed E-state index contributed by atoms with van der Waals surface area (Å²) in [6.07, 6.45) is 0. The molecule has 1 aliphatic heterocycles. The van der Waals surface area contributed by atoms with Crippen LogP contribution in [0, 0.1) is 11.2 Å². The Morgan fingerprint density at radius 3 is 2.83 bits per heavy atom. The standard InChI is InChI=1S/C14H19FN2O/c1-10-13(18)17(9-14(2,3)8-16-10)12-6-4-5-11(15)7-12/h4-7,10,16H,8-9H2,1-3H3. The predicted octanol–water partition coefficient (Wildman–Crippen LogP) is 2.18. The first-order valence-electron chi connectivity index (χ1n) is 6.19. The molecule has 1 aromatic carbocycles. The number of carbonyl (C=O) groups is 1. The second-order valence-corrected chi connectivity index (χ2v) is 5.67. The maximum Gasteiger partial charge on any atom is 0.243 e. The van der Waals surface area contributed by atoms with Crippen LogP contribution >= 0.6 is 0 Å². The topological polar surface area (TPSA) is 32.3 Å². The van der Waals surface area contributed by atoms with Crippen molar-refractivity contribution >= 4 is 11.6 Å². The van der Waals surface area contributed by atoms with E-state index in [0.29, 0.717) is 12.2 Å². The Hall–Kier alpha value is -1.42. The van der Waals surface area contributed by atoms with E-state index in [-0.39, 0.29) is 23.2 Å². The summed E-state index contributed by atoms with van der Waals surface area (Å²) in [6.45, 7) is 7.39. The molecule has 1 heterocycles. The minimum absolute atomic E-state index is 0.00817. The molecule has 3 nitrogen and oxygen atoms in total. The maximum absolute atomic E-state index is 13.3. The van der Waals surface area contributed by atoms with Crippen molar-refractivity contribution in [3.63, 3.8) is 0 Å². The number of nitrogens with zero attached hydrogens (tertiary/aromatic N) is 1. The molecule has 0 spiro atoms. The molecule has 0 radical (unpaired) electrons. The van der Waals surface area contributed by atoms with Gasteiger partial charge in [-0.2, -0.15) is 0 Å². The zero-order valence-corrected chi connectivity index (χ0v) is 11.0. The fourth-order valence-corrected chi connectivity index (χ4v) is 2.17. The number of amides is 1. The predicted molar refractivity (Wildman–Crippen MR) is 70.0 cm³/mol. The van der Waals surface area contributed by atoms with Crippen LogP contribution in [-0.4, -0.2) is 25.0 Å². The lowest BCUT2D eigenvalue weighted by Gasteiger charge is -2.29. The molecule has 4 heteroatoms. The molecule has 98 valence electrons. The van der Waals surface area contributed by atoms with Crippen LogP contribution in [0.15, 0.2) is 24.3 Å². The lowest BCUT2D eigenvalue weighted by molar-refractivity contribution is -0.119. The highest BCUT2D eigenvalue weighted by molar-refractivity contribution is 5.97. The van der Waals surface area contributed by atoms with Gasteiger partial charge in [-0.15, -0.1) is 0 Å². The van der Waals surface area contributed by atoms with Gasteiger partial charge in [0.15, 0.2) is 0 Å². The Bertz CT molecular complexity index is 459. The van der Waals surface area contributed by atoms with Crippen molar-refractivity contribution < 1.29 is 9.18 Å². The van der Waals surface area contributed by atoms with Gasteiger partial charge in [0.25, 0.3) is 0 Å². The van der Waals surface area contributed by atoms with Crippen LogP contribution in [0.2, 0.25) is 0 Å². The highest BCUT2D eigenvalue weighted by Gasteiger charge is 2.33. The van der Waals surface area contributed by atoms with E-state index in [1.807, 2.05) is 6.92 Å². The molecule has 18 heavy (non-hydrogen) atoms. The third kappa shape index (κ3) is 2.70. The zero-order chi connectivity index (χ0) is 13.3. The maximum atomic E-state index is 13.3. The third-order valence-corrected chi connectivity index (χ3v) is 3.23. The second-order valence-electron chi connectivity index (χ2n) is 5.67. The molecule has 1 N–H and O–H groups in total. The minimum atomic E-state index is -0.317. The van der Waals surface area contributed by atoms with Crippen LogP contribution < -0.4 is 10.2 Å². The fraction of sp³-hybridized carbons (Fsp3) is 0.500. The van der Waals surface area contributed by atoms with Gasteiger partial charge in [0.1, 0.15) is 5.82 Å². The van der Waals surface area contributed by atoms with E-state index in [9.17, 15) is 9.18 Å². The normalized spacial score (nSPS) is 23.9. The van der Waals surface area contributed by atoms with Crippen LogP contribution in [0.25, 0.3) is 0 Å². The van der Waals surface area contributed by atoms with Gasteiger partial charge in [-0.1, -0.05) is 19.9 Å². The lowest BCUT2D eigenvalue weighted by atomic mass is 9.93. The van der Waals surface area contributed by atoms with E-state index in [1.54, 1.807) is 17.0 Å². The largest absolute Gasteiger partial charge is 0.310 e. The van der Waals surface area contributed by atoms with Gasteiger partial charge >= 0.3 is 0 Å². The molecule has 1 unspecified atom stereocenters. The molecule has 1 amide bonds.